The van der Waals surface area contributed by atoms with Gasteiger partial charge < -0.3 is 15.8 Å². The predicted molar refractivity (Wildman–Crippen MR) is 68.2 cm³/mol. The summed E-state index contributed by atoms with van der Waals surface area (Å²) >= 11 is 0. The van der Waals surface area contributed by atoms with E-state index in [0.29, 0.717) is 13.1 Å². The largest absolute Gasteiger partial charge is 0.493 e. The highest BCUT2D eigenvalue weighted by atomic mass is 16.5. The number of rotatable bonds is 4. The molecule has 0 unspecified atom stereocenters. The molecule has 4 heteroatoms. The van der Waals surface area contributed by atoms with Gasteiger partial charge in [0.25, 0.3) is 0 Å². The first-order chi connectivity index (χ1) is 8.73. The molecule has 1 amide bonds. The van der Waals surface area contributed by atoms with Gasteiger partial charge in [0, 0.05) is 19.5 Å². The monoisotopic (exact) mass is 246 g/mol. The average molecular weight is 246 g/mol. The number of carbonyl (C=O) groups excluding carboxylic acids is 1. The van der Waals surface area contributed by atoms with E-state index in [-0.39, 0.29) is 11.3 Å². The zero-order valence-electron chi connectivity index (χ0n) is 10.4. The zero-order valence-corrected chi connectivity index (χ0v) is 10.4. The predicted octanol–water partition coefficient (Wildman–Crippen LogP) is 0.977. The summed E-state index contributed by atoms with van der Waals surface area (Å²) in [4.78, 5) is 11.9. The molecule has 4 nitrogen and oxygen atoms in total. The Morgan fingerprint density at radius 1 is 1.44 bits per heavy atom. The maximum absolute atomic E-state index is 11.9. The van der Waals surface area contributed by atoms with Crippen molar-refractivity contribution >= 4 is 5.91 Å². The fourth-order valence-electron chi connectivity index (χ4n) is 2.39. The van der Waals surface area contributed by atoms with E-state index in [2.05, 4.69) is 11.4 Å². The highest BCUT2D eigenvalue weighted by Gasteiger charge is 2.48. The summed E-state index contributed by atoms with van der Waals surface area (Å²) in [7, 11) is 0. The molecule has 1 aliphatic carbocycles. The molecule has 1 fully saturated rings. The average Bonchev–Trinajstić information content (AvgIpc) is 3.07. The summed E-state index contributed by atoms with van der Waals surface area (Å²) in [5.74, 6) is 1.08. The van der Waals surface area contributed by atoms with Crippen molar-refractivity contribution in [3.05, 3.63) is 29.3 Å². The number of fused-ring (bicyclic) bond motifs is 1. The molecule has 0 atom stereocenters. The van der Waals surface area contributed by atoms with Gasteiger partial charge in [-0.05, 0) is 30.0 Å². The molecule has 2 aliphatic rings. The van der Waals surface area contributed by atoms with Crippen molar-refractivity contribution in [2.24, 2.45) is 11.1 Å². The lowest BCUT2D eigenvalue weighted by atomic mass is 10.1. The van der Waals surface area contributed by atoms with Gasteiger partial charge >= 0.3 is 0 Å². The van der Waals surface area contributed by atoms with Crippen LogP contribution in [0.4, 0.5) is 0 Å². The van der Waals surface area contributed by atoms with Gasteiger partial charge in [-0.3, -0.25) is 4.79 Å². The van der Waals surface area contributed by atoms with Crippen LogP contribution in [0, 0.1) is 5.41 Å². The number of carbonyl (C=O) groups is 1. The van der Waals surface area contributed by atoms with Crippen LogP contribution in [-0.4, -0.2) is 19.1 Å². The Morgan fingerprint density at radius 3 is 3.00 bits per heavy atom. The second-order valence-corrected chi connectivity index (χ2v) is 5.21. The topological polar surface area (TPSA) is 64.4 Å². The van der Waals surface area contributed by atoms with Crippen molar-refractivity contribution in [1.29, 1.82) is 0 Å². The minimum absolute atomic E-state index is 0.0988. The van der Waals surface area contributed by atoms with Crippen LogP contribution in [0.25, 0.3) is 0 Å². The number of nitrogens with one attached hydrogen (secondary N) is 1. The number of ether oxygens (including phenoxy) is 1. The van der Waals surface area contributed by atoms with Crippen LogP contribution in [-0.2, 0) is 17.8 Å². The van der Waals surface area contributed by atoms with E-state index >= 15 is 0 Å². The highest BCUT2D eigenvalue weighted by molar-refractivity contribution is 5.85. The third-order valence-corrected chi connectivity index (χ3v) is 3.93. The normalized spacial score (nSPS) is 18.9. The molecular weight excluding hydrogens is 228 g/mol. The van der Waals surface area contributed by atoms with Gasteiger partial charge in [0.1, 0.15) is 5.75 Å². The Labute approximate surface area is 107 Å². The van der Waals surface area contributed by atoms with E-state index in [9.17, 15) is 4.79 Å². The SMILES string of the molecule is NCC1(C(=O)NCc2ccc3c(c2)CCO3)CC1. The Hall–Kier alpha value is -1.55. The molecule has 1 aromatic carbocycles. The van der Waals surface area contributed by atoms with Crippen LogP contribution in [0.3, 0.4) is 0 Å². The minimum Gasteiger partial charge on any atom is -0.493 e. The minimum atomic E-state index is -0.264. The zero-order chi connectivity index (χ0) is 12.6. The third-order valence-electron chi connectivity index (χ3n) is 3.93. The van der Waals surface area contributed by atoms with E-state index in [0.717, 1.165) is 37.2 Å². The van der Waals surface area contributed by atoms with Crippen LogP contribution in [0.2, 0.25) is 0 Å². The first-order valence-electron chi connectivity index (χ1n) is 6.46. The van der Waals surface area contributed by atoms with Gasteiger partial charge in [0.05, 0.1) is 12.0 Å². The van der Waals surface area contributed by atoms with E-state index < -0.39 is 0 Å². The summed E-state index contributed by atoms with van der Waals surface area (Å²) in [5.41, 5.74) is 7.73. The first kappa shape index (κ1) is 11.5. The van der Waals surface area contributed by atoms with E-state index in [1.54, 1.807) is 0 Å². The Balaban J connectivity index is 1.62. The summed E-state index contributed by atoms with van der Waals surface area (Å²) in [6.45, 7) is 1.80. The number of hydrogen-bond acceptors (Lipinski definition) is 3. The molecule has 0 spiro atoms. The van der Waals surface area contributed by atoms with Crippen molar-refractivity contribution in [3.8, 4) is 5.75 Å². The molecule has 0 saturated heterocycles. The van der Waals surface area contributed by atoms with Gasteiger partial charge in [-0.25, -0.2) is 0 Å². The molecule has 1 aromatic rings. The van der Waals surface area contributed by atoms with Crippen LogP contribution in [0.15, 0.2) is 18.2 Å². The van der Waals surface area contributed by atoms with Crippen molar-refractivity contribution in [3.63, 3.8) is 0 Å². The van der Waals surface area contributed by atoms with Crippen LogP contribution in [0.1, 0.15) is 24.0 Å². The molecule has 0 radical (unpaired) electrons. The molecule has 0 bridgehead atoms. The van der Waals surface area contributed by atoms with E-state index in [4.69, 9.17) is 10.5 Å². The first-order valence-corrected chi connectivity index (χ1v) is 6.46. The van der Waals surface area contributed by atoms with Gasteiger partial charge in [-0.2, -0.15) is 0 Å². The second-order valence-electron chi connectivity index (χ2n) is 5.21. The quantitative estimate of drug-likeness (QED) is 0.832. The molecule has 0 aromatic heterocycles. The number of benzene rings is 1. The van der Waals surface area contributed by atoms with Gasteiger partial charge in [0.2, 0.25) is 5.91 Å². The molecule has 1 aliphatic heterocycles. The van der Waals surface area contributed by atoms with E-state index in [1.165, 1.54) is 5.56 Å². The smallest absolute Gasteiger partial charge is 0.227 e. The van der Waals surface area contributed by atoms with Crippen LogP contribution >= 0.6 is 0 Å². The number of amides is 1. The Kier molecular flexibility index (Phi) is 2.74. The molecule has 1 saturated carbocycles. The molecule has 3 rings (SSSR count). The fraction of sp³-hybridized carbons (Fsp3) is 0.500. The van der Waals surface area contributed by atoms with Gasteiger partial charge in [-0.1, -0.05) is 12.1 Å². The summed E-state index contributed by atoms with van der Waals surface area (Å²) in [5, 5.41) is 2.98. The standard InChI is InChI=1S/C14H18N2O2/c15-9-14(4-5-14)13(17)16-8-10-1-2-12-11(7-10)3-6-18-12/h1-2,7H,3-6,8-9,15H2,(H,16,17). The number of hydrogen-bond donors (Lipinski definition) is 2. The molecular formula is C14H18N2O2. The Morgan fingerprint density at radius 2 is 2.28 bits per heavy atom. The van der Waals surface area contributed by atoms with E-state index in [1.807, 2.05) is 12.1 Å². The van der Waals surface area contributed by atoms with Crippen molar-refractivity contribution in [2.45, 2.75) is 25.8 Å². The van der Waals surface area contributed by atoms with Crippen LogP contribution in [0.5, 0.6) is 5.75 Å². The molecule has 3 N–H and O–H groups in total. The summed E-state index contributed by atoms with van der Waals surface area (Å²) < 4.78 is 5.46. The highest BCUT2D eigenvalue weighted by Crippen LogP contribution is 2.44. The molecule has 18 heavy (non-hydrogen) atoms. The van der Waals surface area contributed by atoms with Crippen molar-refractivity contribution in [1.82, 2.24) is 5.32 Å². The maximum atomic E-state index is 11.9. The summed E-state index contributed by atoms with van der Waals surface area (Å²) in [6.07, 6.45) is 2.81. The molecule has 1 heterocycles. The fourth-order valence-corrected chi connectivity index (χ4v) is 2.39. The van der Waals surface area contributed by atoms with Crippen molar-refractivity contribution < 1.29 is 9.53 Å². The number of nitrogens with two attached hydrogens (primary N) is 1. The maximum Gasteiger partial charge on any atom is 0.227 e. The second kappa shape index (κ2) is 4.28. The summed E-state index contributed by atoms with van der Waals surface area (Å²) in [6, 6.07) is 6.11. The Bertz CT molecular complexity index is 481. The van der Waals surface area contributed by atoms with Crippen LogP contribution < -0.4 is 15.8 Å². The van der Waals surface area contributed by atoms with Gasteiger partial charge in [-0.15, -0.1) is 0 Å². The van der Waals surface area contributed by atoms with Crippen molar-refractivity contribution in [2.75, 3.05) is 13.2 Å². The lowest BCUT2D eigenvalue weighted by Crippen LogP contribution is -2.36. The molecule has 96 valence electrons. The third kappa shape index (κ3) is 1.97. The lowest BCUT2D eigenvalue weighted by molar-refractivity contribution is -0.126. The van der Waals surface area contributed by atoms with Gasteiger partial charge in [0.15, 0.2) is 0 Å². The lowest BCUT2D eigenvalue weighted by Gasteiger charge is -2.13.